The number of nitrogens with zero attached hydrogens (tertiary/aromatic N) is 7. The van der Waals surface area contributed by atoms with Crippen LogP contribution in [0.25, 0.3) is 11.3 Å². The van der Waals surface area contributed by atoms with Crippen molar-refractivity contribution in [3.8, 4) is 11.3 Å². The van der Waals surface area contributed by atoms with Crippen LogP contribution in [0.2, 0.25) is 5.02 Å². The molecule has 2 atom stereocenters. The van der Waals surface area contributed by atoms with E-state index in [1.165, 1.54) is 11.2 Å². The zero-order valence-corrected chi connectivity index (χ0v) is 25.8. The molecular weight excluding hydrogens is 586 g/mol. The lowest BCUT2D eigenvalue weighted by atomic mass is 9.96. The predicted octanol–water partition coefficient (Wildman–Crippen LogP) is 5.30. The minimum absolute atomic E-state index is 0.0364. The van der Waals surface area contributed by atoms with E-state index >= 15 is 0 Å². The number of anilines is 3. The fourth-order valence-corrected chi connectivity index (χ4v) is 5.20. The van der Waals surface area contributed by atoms with Crippen LogP contribution in [0.15, 0.2) is 53.4 Å². The molecule has 44 heavy (non-hydrogen) atoms. The van der Waals surface area contributed by atoms with Gasteiger partial charge in [-0.05, 0) is 37.6 Å². The SMILES string of the molecule is CC1CN(C(=O)O)CCN1c1ccc(Nc2cc(-c3ccc([C@@H](C)NC(=O)c4nc(C(C)(C)C)no4)c(Cl)c3)ncn2)nc1. The number of aromatic nitrogens is 5. The van der Waals surface area contributed by atoms with Crippen LogP contribution in [0.1, 0.15) is 62.7 Å². The maximum atomic E-state index is 12.7. The maximum Gasteiger partial charge on any atom is 0.407 e. The fourth-order valence-electron chi connectivity index (χ4n) is 4.85. The molecule has 3 aromatic heterocycles. The second-order valence-electron chi connectivity index (χ2n) is 11.7. The lowest BCUT2D eigenvalue weighted by molar-refractivity contribution is 0.0895. The Morgan fingerprint density at radius 1 is 1.09 bits per heavy atom. The molecular formula is C30H34ClN9O4. The summed E-state index contributed by atoms with van der Waals surface area (Å²) in [5.41, 5.74) is 2.71. The van der Waals surface area contributed by atoms with Crippen molar-refractivity contribution >= 4 is 40.9 Å². The molecule has 4 aromatic rings. The van der Waals surface area contributed by atoms with Gasteiger partial charge in [0.2, 0.25) is 0 Å². The molecule has 13 nitrogen and oxygen atoms in total. The molecule has 1 aromatic carbocycles. The van der Waals surface area contributed by atoms with Gasteiger partial charge >= 0.3 is 17.9 Å². The van der Waals surface area contributed by atoms with Crippen LogP contribution in [0, 0.1) is 0 Å². The van der Waals surface area contributed by atoms with Crippen LogP contribution in [0.4, 0.5) is 22.1 Å². The molecule has 1 saturated heterocycles. The number of hydrogen-bond donors (Lipinski definition) is 3. The minimum Gasteiger partial charge on any atom is -0.465 e. The molecule has 3 N–H and O–H groups in total. The van der Waals surface area contributed by atoms with Crippen molar-refractivity contribution in [1.82, 2.24) is 35.3 Å². The molecule has 14 heteroatoms. The van der Waals surface area contributed by atoms with Crippen molar-refractivity contribution < 1.29 is 19.2 Å². The first-order valence-electron chi connectivity index (χ1n) is 14.1. The zero-order chi connectivity index (χ0) is 31.6. The average Bonchev–Trinajstić information content (AvgIpc) is 3.49. The first-order chi connectivity index (χ1) is 20.9. The van der Waals surface area contributed by atoms with Crippen molar-refractivity contribution in [3.63, 3.8) is 0 Å². The molecule has 2 amide bonds. The van der Waals surface area contributed by atoms with Crippen LogP contribution in [-0.4, -0.2) is 72.8 Å². The van der Waals surface area contributed by atoms with Crippen LogP contribution in [0.3, 0.4) is 0 Å². The minimum atomic E-state index is -0.897. The molecule has 1 unspecified atom stereocenters. The third-order valence-corrected chi connectivity index (χ3v) is 7.63. The van der Waals surface area contributed by atoms with Gasteiger partial charge < -0.3 is 30.1 Å². The molecule has 230 valence electrons. The van der Waals surface area contributed by atoms with E-state index in [0.717, 1.165) is 16.8 Å². The molecule has 0 aliphatic carbocycles. The molecule has 0 radical (unpaired) electrons. The number of amides is 2. The Morgan fingerprint density at radius 3 is 2.52 bits per heavy atom. The number of pyridine rings is 1. The first kappa shape index (κ1) is 30.7. The second kappa shape index (κ2) is 12.4. The van der Waals surface area contributed by atoms with Crippen LogP contribution in [0.5, 0.6) is 0 Å². The third-order valence-electron chi connectivity index (χ3n) is 7.30. The maximum absolute atomic E-state index is 12.7. The van der Waals surface area contributed by atoms with Gasteiger partial charge in [-0.3, -0.25) is 4.79 Å². The highest BCUT2D eigenvalue weighted by Gasteiger charge is 2.27. The second-order valence-corrected chi connectivity index (χ2v) is 12.1. The van der Waals surface area contributed by atoms with Gasteiger partial charge in [0.25, 0.3) is 0 Å². The number of nitrogens with one attached hydrogen (secondary N) is 2. The molecule has 4 heterocycles. The van der Waals surface area contributed by atoms with Gasteiger partial charge in [0.15, 0.2) is 5.82 Å². The summed E-state index contributed by atoms with van der Waals surface area (Å²) in [6.45, 7) is 11.1. The highest BCUT2D eigenvalue weighted by molar-refractivity contribution is 6.31. The summed E-state index contributed by atoms with van der Waals surface area (Å²) in [6, 6.07) is 10.7. The molecule has 0 saturated carbocycles. The van der Waals surface area contributed by atoms with Crippen molar-refractivity contribution in [1.29, 1.82) is 0 Å². The molecule has 5 rings (SSSR count). The number of benzene rings is 1. The topological polar surface area (TPSA) is 162 Å². The predicted molar refractivity (Wildman–Crippen MR) is 165 cm³/mol. The standard InChI is InChI=1S/C30H34ClN9O4/c1-17-15-39(29(42)43)10-11-40(17)20-7-9-24(32-14-20)36-25-13-23(33-16-34-25)19-6-8-21(22(31)12-19)18(2)35-26(41)27-37-28(38-44-27)30(3,4)5/h6-9,12-14,16-18H,10-11,15H2,1-5H3,(H,35,41)(H,42,43)(H,32,33,34,36)/t17?,18-/m1/s1. The Hall–Kier alpha value is -4.78. The van der Waals surface area contributed by atoms with E-state index in [-0.39, 0.29) is 17.3 Å². The van der Waals surface area contributed by atoms with Gasteiger partial charge in [-0.2, -0.15) is 4.98 Å². The molecule has 1 aliphatic rings. The van der Waals surface area contributed by atoms with E-state index in [1.807, 2.05) is 58.9 Å². The highest BCUT2D eigenvalue weighted by Crippen LogP contribution is 2.30. The van der Waals surface area contributed by atoms with Crippen LogP contribution in [-0.2, 0) is 5.41 Å². The fraction of sp³-hybridized carbons (Fsp3) is 0.367. The Balaban J connectivity index is 1.23. The van der Waals surface area contributed by atoms with E-state index in [0.29, 0.717) is 47.8 Å². The van der Waals surface area contributed by atoms with Crippen LogP contribution >= 0.6 is 11.6 Å². The number of halogens is 1. The Kier molecular flexibility index (Phi) is 8.68. The highest BCUT2D eigenvalue weighted by atomic mass is 35.5. The van der Waals surface area contributed by atoms with Gasteiger partial charge in [0.1, 0.15) is 18.0 Å². The van der Waals surface area contributed by atoms with Crippen molar-refractivity contribution in [3.05, 3.63) is 71.2 Å². The van der Waals surface area contributed by atoms with E-state index in [9.17, 15) is 14.7 Å². The lowest BCUT2D eigenvalue weighted by Gasteiger charge is -2.39. The van der Waals surface area contributed by atoms with E-state index < -0.39 is 18.0 Å². The van der Waals surface area contributed by atoms with E-state index in [4.69, 9.17) is 16.1 Å². The van der Waals surface area contributed by atoms with Gasteiger partial charge in [0, 0.05) is 47.7 Å². The Labute approximate surface area is 259 Å². The summed E-state index contributed by atoms with van der Waals surface area (Å²) in [7, 11) is 0. The molecule has 1 fully saturated rings. The number of piperazine rings is 1. The summed E-state index contributed by atoms with van der Waals surface area (Å²) in [5, 5.41) is 19.7. The van der Waals surface area contributed by atoms with Gasteiger partial charge in [-0.15, -0.1) is 0 Å². The lowest BCUT2D eigenvalue weighted by Crippen LogP contribution is -2.53. The number of carbonyl (C=O) groups is 2. The van der Waals surface area contributed by atoms with E-state index in [2.05, 4.69) is 40.6 Å². The quantitative estimate of drug-likeness (QED) is 0.246. The van der Waals surface area contributed by atoms with Crippen LogP contribution < -0.4 is 15.5 Å². The molecule has 0 spiro atoms. The molecule has 0 bridgehead atoms. The number of carboxylic acid groups (broad SMARTS) is 1. The number of carbonyl (C=O) groups excluding carboxylic acids is 1. The number of rotatable bonds is 7. The normalized spacial score (nSPS) is 16.0. The summed E-state index contributed by atoms with van der Waals surface area (Å²) >= 11 is 6.64. The van der Waals surface area contributed by atoms with Gasteiger partial charge in [-0.1, -0.05) is 49.7 Å². The smallest absolute Gasteiger partial charge is 0.407 e. The average molecular weight is 620 g/mol. The Bertz CT molecular complexity index is 1650. The van der Waals surface area contributed by atoms with E-state index in [1.54, 1.807) is 18.3 Å². The summed E-state index contributed by atoms with van der Waals surface area (Å²) in [4.78, 5) is 45.0. The third kappa shape index (κ3) is 6.88. The largest absolute Gasteiger partial charge is 0.465 e. The zero-order valence-electron chi connectivity index (χ0n) is 25.1. The van der Waals surface area contributed by atoms with Crippen molar-refractivity contribution in [2.24, 2.45) is 0 Å². The number of hydrogen-bond acceptors (Lipinski definition) is 10. The summed E-state index contributed by atoms with van der Waals surface area (Å²) in [6.07, 6.45) is 2.32. The monoisotopic (exact) mass is 619 g/mol. The van der Waals surface area contributed by atoms with Gasteiger partial charge in [-0.25, -0.2) is 19.7 Å². The molecule has 1 aliphatic heterocycles. The van der Waals surface area contributed by atoms with Crippen molar-refractivity contribution in [2.75, 3.05) is 29.9 Å². The first-order valence-corrected chi connectivity index (χ1v) is 14.5. The summed E-state index contributed by atoms with van der Waals surface area (Å²) in [5.74, 6) is 1.02. The van der Waals surface area contributed by atoms with Gasteiger partial charge in [0.05, 0.1) is 23.6 Å². The Morgan fingerprint density at radius 2 is 1.89 bits per heavy atom. The summed E-state index contributed by atoms with van der Waals surface area (Å²) < 4.78 is 5.15. The van der Waals surface area contributed by atoms with Crippen molar-refractivity contribution in [2.45, 2.75) is 52.1 Å².